The molecule has 0 fully saturated rings. The Hall–Kier alpha value is -1.35. The van der Waals surface area contributed by atoms with Crippen LogP contribution in [0.25, 0.3) is 0 Å². The lowest BCUT2D eigenvalue weighted by Gasteiger charge is -2.42. The lowest BCUT2D eigenvalue weighted by Crippen LogP contribution is -2.47. The van der Waals surface area contributed by atoms with Gasteiger partial charge in [-0.1, -0.05) is 0 Å². The molecule has 24 heavy (non-hydrogen) atoms. The molecule has 0 radical (unpaired) electrons. The van der Waals surface area contributed by atoms with Gasteiger partial charge in [-0.3, -0.25) is 0 Å². The van der Waals surface area contributed by atoms with E-state index in [-0.39, 0.29) is 17.7 Å². The van der Waals surface area contributed by atoms with E-state index in [0.717, 1.165) is 12.1 Å². The van der Waals surface area contributed by atoms with Gasteiger partial charge in [-0.25, -0.2) is 12.8 Å². The van der Waals surface area contributed by atoms with Crippen molar-refractivity contribution in [2.75, 3.05) is 12.3 Å². The normalized spacial score (nSPS) is 20.6. The number of ether oxygens (including phenoxy) is 1. The van der Waals surface area contributed by atoms with Crippen LogP contribution in [0.4, 0.5) is 17.6 Å². The average Bonchev–Trinajstić information content (AvgIpc) is 2.43. The molecular weight excluding hydrogens is 350 g/mol. The van der Waals surface area contributed by atoms with Crippen LogP contribution >= 0.6 is 0 Å². The van der Waals surface area contributed by atoms with Gasteiger partial charge in [0.05, 0.1) is 11.8 Å². The van der Waals surface area contributed by atoms with E-state index in [4.69, 9.17) is 4.74 Å². The molecule has 0 N–H and O–H groups in total. The maximum absolute atomic E-state index is 13.6. The molecule has 0 saturated heterocycles. The fourth-order valence-corrected chi connectivity index (χ4v) is 4.04. The number of fused-ring (bicyclic) bond motifs is 1. The van der Waals surface area contributed by atoms with Crippen LogP contribution in [0, 0.1) is 5.82 Å². The van der Waals surface area contributed by atoms with E-state index in [2.05, 4.69) is 0 Å². The molecule has 0 saturated carbocycles. The van der Waals surface area contributed by atoms with Crippen LogP contribution in [0.1, 0.15) is 38.8 Å². The van der Waals surface area contributed by atoms with Crippen molar-refractivity contribution in [3.05, 3.63) is 29.6 Å². The molecule has 0 spiro atoms. The first-order valence-electron chi connectivity index (χ1n) is 7.39. The molecule has 1 aromatic rings. The van der Waals surface area contributed by atoms with Gasteiger partial charge < -0.3 is 4.74 Å². The van der Waals surface area contributed by atoms with Crippen molar-refractivity contribution in [2.45, 2.75) is 45.0 Å². The van der Waals surface area contributed by atoms with Gasteiger partial charge in [-0.05, 0) is 39.0 Å². The quantitative estimate of drug-likeness (QED) is 0.762. The summed E-state index contributed by atoms with van der Waals surface area (Å²) in [4.78, 5) is 0. The zero-order chi connectivity index (χ0) is 18.3. The number of rotatable bonds is 4. The van der Waals surface area contributed by atoms with Crippen molar-refractivity contribution in [1.29, 1.82) is 0 Å². The van der Waals surface area contributed by atoms with E-state index in [0.29, 0.717) is 4.31 Å². The van der Waals surface area contributed by atoms with E-state index < -0.39 is 46.0 Å². The summed E-state index contributed by atoms with van der Waals surface area (Å²) >= 11 is 0. The van der Waals surface area contributed by atoms with Crippen molar-refractivity contribution in [1.82, 2.24) is 4.31 Å². The van der Waals surface area contributed by atoms with E-state index in [1.165, 1.54) is 13.0 Å². The molecule has 9 heteroatoms. The molecule has 1 unspecified atom stereocenters. The van der Waals surface area contributed by atoms with Gasteiger partial charge in [-0.15, -0.1) is 0 Å². The molecule has 1 aromatic carbocycles. The molecule has 1 atom stereocenters. The molecule has 4 nitrogen and oxygen atoms in total. The van der Waals surface area contributed by atoms with Crippen LogP contribution in [0.5, 0.6) is 5.75 Å². The van der Waals surface area contributed by atoms with Crippen LogP contribution in [0.3, 0.4) is 0 Å². The van der Waals surface area contributed by atoms with Crippen LogP contribution in [-0.2, 0) is 10.0 Å². The minimum Gasteiger partial charge on any atom is -0.487 e. The SMILES string of the molecule is CCS(=O)(=O)N(CC(F)(F)F)C1CC(C)(C)Oc2ccc(F)cc21. The maximum atomic E-state index is 13.6. The summed E-state index contributed by atoms with van der Waals surface area (Å²) in [5.41, 5.74) is -0.779. The Bertz CT molecular complexity index is 716. The summed E-state index contributed by atoms with van der Waals surface area (Å²) in [5, 5.41) is 0. The van der Waals surface area contributed by atoms with E-state index in [9.17, 15) is 26.0 Å². The molecule has 136 valence electrons. The summed E-state index contributed by atoms with van der Waals surface area (Å²) in [6.45, 7) is 2.95. The second-order valence-corrected chi connectivity index (χ2v) is 8.53. The van der Waals surface area contributed by atoms with E-state index >= 15 is 0 Å². The molecule has 1 heterocycles. The number of sulfonamides is 1. The number of benzene rings is 1. The topological polar surface area (TPSA) is 46.6 Å². The van der Waals surface area contributed by atoms with Crippen LogP contribution in [0.15, 0.2) is 18.2 Å². The largest absolute Gasteiger partial charge is 0.487 e. The Morgan fingerprint density at radius 1 is 1.33 bits per heavy atom. The summed E-state index contributed by atoms with van der Waals surface area (Å²) < 4.78 is 83.1. The third-order valence-electron chi connectivity index (χ3n) is 3.81. The molecule has 0 aromatic heterocycles. The van der Waals surface area contributed by atoms with Crippen LogP contribution in [0.2, 0.25) is 0 Å². The van der Waals surface area contributed by atoms with E-state index in [1.54, 1.807) is 13.8 Å². The summed E-state index contributed by atoms with van der Waals surface area (Å²) in [6, 6.07) is 2.32. The first-order valence-corrected chi connectivity index (χ1v) is 9.00. The fourth-order valence-electron chi connectivity index (χ4n) is 2.79. The second kappa shape index (κ2) is 6.18. The lowest BCUT2D eigenvalue weighted by molar-refractivity contribution is -0.142. The van der Waals surface area contributed by atoms with Gasteiger partial charge in [0.1, 0.15) is 23.7 Å². The van der Waals surface area contributed by atoms with Crippen LogP contribution in [-0.4, -0.2) is 36.8 Å². The van der Waals surface area contributed by atoms with Crippen molar-refractivity contribution < 1.29 is 30.7 Å². The molecule has 0 amide bonds. The Morgan fingerprint density at radius 3 is 2.50 bits per heavy atom. The molecule has 1 aliphatic heterocycles. The highest BCUT2D eigenvalue weighted by Crippen LogP contribution is 2.44. The molecule has 1 aliphatic rings. The van der Waals surface area contributed by atoms with Gasteiger partial charge in [0.15, 0.2) is 0 Å². The highest BCUT2D eigenvalue weighted by atomic mass is 32.2. The number of halogens is 4. The third-order valence-corrected chi connectivity index (χ3v) is 5.63. The number of alkyl halides is 3. The molecule has 2 rings (SSSR count). The van der Waals surface area contributed by atoms with Crippen molar-refractivity contribution in [3.8, 4) is 5.75 Å². The minimum atomic E-state index is -4.71. The predicted molar refractivity (Wildman–Crippen MR) is 80.7 cm³/mol. The number of nitrogens with zero attached hydrogens (tertiary/aromatic N) is 1. The van der Waals surface area contributed by atoms with Gasteiger partial charge in [-0.2, -0.15) is 17.5 Å². The number of hydrogen-bond donors (Lipinski definition) is 0. The smallest absolute Gasteiger partial charge is 0.402 e. The van der Waals surface area contributed by atoms with E-state index in [1.807, 2.05) is 0 Å². The summed E-state index contributed by atoms with van der Waals surface area (Å²) in [6.07, 6.45) is -4.73. The first-order chi connectivity index (χ1) is 10.8. The maximum Gasteiger partial charge on any atom is 0.402 e. The summed E-state index contributed by atoms with van der Waals surface area (Å²) in [5.74, 6) is -0.954. The fraction of sp³-hybridized carbons (Fsp3) is 0.600. The summed E-state index contributed by atoms with van der Waals surface area (Å²) in [7, 11) is -4.16. The van der Waals surface area contributed by atoms with Gasteiger partial charge in [0.25, 0.3) is 0 Å². The second-order valence-electron chi connectivity index (χ2n) is 6.32. The zero-order valence-corrected chi connectivity index (χ0v) is 14.3. The average molecular weight is 369 g/mol. The third kappa shape index (κ3) is 4.18. The molecule has 0 aliphatic carbocycles. The molecular formula is C15H19F4NO3S. The number of hydrogen-bond acceptors (Lipinski definition) is 3. The standard InChI is InChI=1S/C15H19F4NO3S/c1-4-24(21,22)20(9-15(17,18)19)12-8-14(2,3)23-13-6-5-10(16)7-11(12)13/h5-7,12H,4,8-9H2,1-3H3. The Balaban J connectivity index is 2.58. The first kappa shape index (κ1) is 19.0. The minimum absolute atomic E-state index is 0.0151. The molecule has 0 bridgehead atoms. The Morgan fingerprint density at radius 2 is 1.96 bits per heavy atom. The highest BCUT2D eigenvalue weighted by Gasteiger charge is 2.45. The zero-order valence-electron chi connectivity index (χ0n) is 13.5. The van der Waals surface area contributed by atoms with Gasteiger partial charge in [0, 0.05) is 12.0 Å². The van der Waals surface area contributed by atoms with Gasteiger partial charge >= 0.3 is 6.18 Å². The lowest BCUT2D eigenvalue weighted by atomic mass is 9.89. The van der Waals surface area contributed by atoms with Crippen molar-refractivity contribution >= 4 is 10.0 Å². The highest BCUT2D eigenvalue weighted by molar-refractivity contribution is 7.89. The van der Waals surface area contributed by atoms with Crippen molar-refractivity contribution in [3.63, 3.8) is 0 Å². The van der Waals surface area contributed by atoms with Gasteiger partial charge in [0.2, 0.25) is 10.0 Å². The predicted octanol–water partition coefficient (Wildman–Crippen LogP) is 3.64. The van der Waals surface area contributed by atoms with Crippen LogP contribution < -0.4 is 4.74 Å². The Labute approximate surface area is 138 Å². The van der Waals surface area contributed by atoms with Crippen molar-refractivity contribution in [2.24, 2.45) is 0 Å². The Kier molecular flexibility index (Phi) is 4.89. The monoisotopic (exact) mass is 369 g/mol.